The summed E-state index contributed by atoms with van der Waals surface area (Å²) in [7, 11) is 0. The Bertz CT molecular complexity index is 1130. The van der Waals surface area contributed by atoms with Gasteiger partial charge in [0.25, 0.3) is 5.91 Å². The molecule has 1 aromatic carbocycles. The SMILES string of the molecule is O=C(Nc1nc(-c2ccc(C(F)(F)F)cn2)co1)c1nccn1-c1ccccc1. The van der Waals surface area contributed by atoms with Crippen LogP contribution in [0.1, 0.15) is 16.2 Å². The third-order valence-electron chi connectivity index (χ3n) is 3.96. The van der Waals surface area contributed by atoms with Crippen LogP contribution < -0.4 is 5.32 Å². The van der Waals surface area contributed by atoms with Crippen molar-refractivity contribution in [2.75, 3.05) is 5.32 Å². The topological polar surface area (TPSA) is 85.8 Å². The van der Waals surface area contributed by atoms with Crippen molar-refractivity contribution >= 4 is 11.9 Å². The van der Waals surface area contributed by atoms with Gasteiger partial charge in [0, 0.05) is 24.3 Å². The minimum absolute atomic E-state index is 0.114. The van der Waals surface area contributed by atoms with Crippen LogP contribution in [0.4, 0.5) is 19.2 Å². The van der Waals surface area contributed by atoms with E-state index in [9.17, 15) is 18.0 Å². The molecule has 146 valence electrons. The second-order valence-electron chi connectivity index (χ2n) is 5.88. The van der Waals surface area contributed by atoms with Crippen molar-refractivity contribution in [2.45, 2.75) is 6.18 Å². The Morgan fingerprint density at radius 2 is 1.83 bits per heavy atom. The Morgan fingerprint density at radius 3 is 2.52 bits per heavy atom. The molecule has 4 rings (SSSR count). The number of aromatic nitrogens is 4. The largest absolute Gasteiger partial charge is 0.431 e. The molecule has 10 heteroatoms. The highest BCUT2D eigenvalue weighted by molar-refractivity contribution is 6.01. The lowest BCUT2D eigenvalue weighted by Crippen LogP contribution is -2.17. The highest BCUT2D eigenvalue weighted by Crippen LogP contribution is 2.29. The number of amides is 1. The molecular formula is C19H12F3N5O2. The maximum Gasteiger partial charge on any atom is 0.417 e. The Balaban J connectivity index is 1.52. The first-order valence-corrected chi connectivity index (χ1v) is 8.31. The van der Waals surface area contributed by atoms with Gasteiger partial charge >= 0.3 is 12.2 Å². The van der Waals surface area contributed by atoms with Crippen molar-refractivity contribution in [3.8, 4) is 17.1 Å². The van der Waals surface area contributed by atoms with E-state index in [4.69, 9.17) is 4.42 Å². The van der Waals surface area contributed by atoms with Crippen molar-refractivity contribution in [2.24, 2.45) is 0 Å². The van der Waals surface area contributed by atoms with E-state index in [0.717, 1.165) is 11.8 Å². The number of hydrogen-bond acceptors (Lipinski definition) is 5. The van der Waals surface area contributed by atoms with E-state index in [1.165, 1.54) is 18.5 Å². The molecule has 1 N–H and O–H groups in total. The maximum absolute atomic E-state index is 12.6. The molecule has 4 aromatic rings. The minimum Gasteiger partial charge on any atom is -0.431 e. The van der Waals surface area contributed by atoms with Crippen molar-refractivity contribution in [1.82, 2.24) is 19.5 Å². The van der Waals surface area contributed by atoms with Crippen molar-refractivity contribution in [3.63, 3.8) is 0 Å². The number of rotatable bonds is 4. The number of alkyl halides is 3. The number of hydrogen-bond donors (Lipinski definition) is 1. The summed E-state index contributed by atoms with van der Waals surface area (Å²) in [4.78, 5) is 24.4. The lowest BCUT2D eigenvalue weighted by atomic mass is 10.2. The van der Waals surface area contributed by atoms with Crippen molar-refractivity contribution < 1.29 is 22.4 Å². The lowest BCUT2D eigenvalue weighted by molar-refractivity contribution is -0.137. The predicted octanol–water partition coefficient (Wildman–Crippen LogP) is 4.19. The normalized spacial score (nSPS) is 11.4. The van der Waals surface area contributed by atoms with E-state index in [0.29, 0.717) is 6.20 Å². The zero-order valence-electron chi connectivity index (χ0n) is 14.6. The summed E-state index contributed by atoms with van der Waals surface area (Å²) < 4.78 is 44.7. The molecule has 0 spiro atoms. The van der Waals surface area contributed by atoms with Crippen LogP contribution in [0.3, 0.4) is 0 Å². The molecule has 0 aliphatic rings. The Kier molecular flexibility index (Phi) is 4.59. The number of oxazole rings is 1. The first-order valence-electron chi connectivity index (χ1n) is 8.31. The average Bonchev–Trinajstić information content (AvgIpc) is 3.38. The first kappa shape index (κ1) is 18.4. The maximum atomic E-state index is 12.6. The summed E-state index contributed by atoms with van der Waals surface area (Å²) in [5.74, 6) is -0.448. The van der Waals surface area contributed by atoms with E-state index < -0.39 is 17.6 Å². The van der Waals surface area contributed by atoms with Crippen LogP contribution in [0.5, 0.6) is 0 Å². The van der Waals surface area contributed by atoms with Gasteiger partial charge in [-0.15, -0.1) is 0 Å². The predicted molar refractivity (Wildman–Crippen MR) is 96.3 cm³/mol. The summed E-state index contributed by atoms with van der Waals surface area (Å²) in [6.07, 6.45) is 0.537. The van der Waals surface area contributed by atoms with Gasteiger partial charge in [-0.2, -0.15) is 18.2 Å². The number of nitrogens with one attached hydrogen (secondary N) is 1. The van der Waals surface area contributed by atoms with Gasteiger partial charge in [-0.05, 0) is 24.3 Å². The van der Waals surface area contributed by atoms with Crippen LogP contribution in [0, 0.1) is 0 Å². The molecule has 0 radical (unpaired) electrons. The van der Waals surface area contributed by atoms with Gasteiger partial charge in [0.05, 0.1) is 11.3 Å². The molecule has 0 saturated heterocycles. The smallest absolute Gasteiger partial charge is 0.417 e. The van der Waals surface area contributed by atoms with E-state index >= 15 is 0 Å². The molecule has 0 aliphatic carbocycles. The van der Waals surface area contributed by atoms with Crippen LogP contribution in [-0.2, 0) is 6.18 Å². The molecule has 0 saturated carbocycles. The zero-order valence-corrected chi connectivity index (χ0v) is 14.6. The van der Waals surface area contributed by atoms with E-state index in [1.807, 2.05) is 30.3 Å². The van der Waals surface area contributed by atoms with E-state index in [1.54, 1.807) is 10.8 Å². The fourth-order valence-corrected chi connectivity index (χ4v) is 2.58. The molecule has 1 amide bonds. The van der Waals surface area contributed by atoms with Crippen LogP contribution in [0.2, 0.25) is 0 Å². The van der Waals surface area contributed by atoms with Gasteiger partial charge in [0.2, 0.25) is 5.82 Å². The summed E-state index contributed by atoms with van der Waals surface area (Å²) in [5, 5.41) is 2.47. The molecule has 0 atom stereocenters. The quantitative estimate of drug-likeness (QED) is 0.556. The average molecular weight is 399 g/mol. The standard InChI is InChI=1S/C19H12F3N5O2/c20-19(21,22)12-6-7-14(24-10-12)15-11-29-18(25-15)26-17(28)16-23-8-9-27(16)13-4-2-1-3-5-13/h1-11H,(H,25,26,28). The Morgan fingerprint density at radius 1 is 1.03 bits per heavy atom. The monoisotopic (exact) mass is 399 g/mol. The van der Waals surface area contributed by atoms with Gasteiger partial charge in [-0.3, -0.25) is 19.7 Å². The summed E-state index contributed by atoms with van der Waals surface area (Å²) >= 11 is 0. The molecule has 0 aliphatic heterocycles. The Labute approximate surface area is 161 Å². The minimum atomic E-state index is -4.48. The van der Waals surface area contributed by atoms with E-state index in [2.05, 4.69) is 20.3 Å². The third-order valence-corrected chi connectivity index (χ3v) is 3.96. The number of anilines is 1. The number of imidazole rings is 1. The number of halogens is 3. The highest BCUT2D eigenvalue weighted by atomic mass is 19.4. The second-order valence-corrected chi connectivity index (χ2v) is 5.88. The van der Waals surface area contributed by atoms with Gasteiger partial charge < -0.3 is 4.42 Å². The molecule has 0 unspecified atom stereocenters. The number of pyridine rings is 1. The summed E-state index contributed by atoms with van der Waals surface area (Å²) in [5.41, 5.74) is 0.233. The lowest BCUT2D eigenvalue weighted by Gasteiger charge is -2.06. The summed E-state index contributed by atoms with van der Waals surface area (Å²) in [6.45, 7) is 0. The number of nitrogens with zero attached hydrogens (tertiary/aromatic N) is 4. The van der Waals surface area contributed by atoms with Crippen LogP contribution in [0.15, 0.2) is 71.7 Å². The number of para-hydroxylation sites is 1. The fourth-order valence-electron chi connectivity index (χ4n) is 2.58. The van der Waals surface area contributed by atoms with Gasteiger partial charge in [0.1, 0.15) is 12.0 Å². The second kappa shape index (κ2) is 7.23. The van der Waals surface area contributed by atoms with E-state index in [-0.39, 0.29) is 23.2 Å². The first-order chi connectivity index (χ1) is 13.9. The highest BCUT2D eigenvalue weighted by Gasteiger charge is 2.30. The fraction of sp³-hybridized carbons (Fsp3) is 0.0526. The van der Waals surface area contributed by atoms with Crippen LogP contribution >= 0.6 is 0 Å². The van der Waals surface area contributed by atoms with Crippen LogP contribution in [0.25, 0.3) is 17.1 Å². The van der Waals surface area contributed by atoms with Crippen molar-refractivity contribution in [3.05, 3.63) is 78.7 Å². The van der Waals surface area contributed by atoms with Gasteiger partial charge in [-0.25, -0.2) is 4.98 Å². The van der Waals surface area contributed by atoms with Crippen molar-refractivity contribution in [1.29, 1.82) is 0 Å². The molecule has 0 fully saturated rings. The molecule has 3 aromatic heterocycles. The molecule has 7 nitrogen and oxygen atoms in total. The molecular weight excluding hydrogens is 387 g/mol. The number of carbonyl (C=O) groups excluding carboxylic acids is 1. The number of benzene rings is 1. The zero-order chi connectivity index (χ0) is 20.4. The van der Waals surface area contributed by atoms with Gasteiger partial charge in [0.15, 0.2) is 0 Å². The van der Waals surface area contributed by atoms with Gasteiger partial charge in [-0.1, -0.05) is 18.2 Å². The third kappa shape index (κ3) is 3.86. The Hall–Kier alpha value is -3.95. The summed E-state index contributed by atoms with van der Waals surface area (Å²) in [6, 6.07) is 11.1. The molecule has 3 heterocycles. The van der Waals surface area contributed by atoms with Crippen LogP contribution in [-0.4, -0.2) is 25.4 Å². The molecule has 0 bridgehead atoms. The number of carbonyl (C=O) groups is 1. The molecule has 29 heavy (non-hydrogen) atoms.